The highest BCUT2D eigenvalue weighted by Crippen LogP contribution is 2.33. The second-order valence-corrected chi connectivity index (χ2v) is 8.36. The summed E-state index contributed by atoms with van der Waals surface area (Å²) in [4.78, 5) is 30.5. The number of urea groups is 1. The molecule has 3 aliphatic heterocycles. The molecular formula is C20H21N5O2S. The zero-order valence-corrected chi connectivity index (χ0v) is 16.2. The normalized spacial score (nSPS) is 25.1. The Hall–Kier alpha value is -2.74. The van der Waals surface area contributed by atoms with Crippen LogP contribution in [0.5, 0.6) is 0 Å². The van der Waals surface area contributed by atoms with Crippen LogP contribution >= 0.6 is 11.8 Å². The molecule has 8 heteroatoms. The zero-order chi connectivity index (χ0) is 19.3. The van der Waals surface area contributed by atoms with Crippen LogP contribution in [0.2, 0.25) is 0 Å². The SMILES string of the molecule is C=C(NCC1=CSC2=NCCN12)c1ccc2c(c1)CCC1(C2)NC(=O)NC1=O. The monoisotopic (exact) mass is 395 g/mol. The van der Waals surface area contributed by atoms with Crippen LogP contribution in [0.4, 0.5) is 4.79 Å². The Balaban J connectivity index is 1.26. The lowest BCUT2D eigenvalue weighted by Crippen LogP contribution is -2.51. The van der Waals surface area contributed by atoms with E-state index in [0.29, 0.717) is 12.8 Å². The van der Waals surface area contributed by atoms with Gasteiger partial charge >= 0.3 is 6.03 Å². The van der Waals surface area contributed by atoms with Gasteiger partial charge in [0.2, 0.25) is 0 Å². The molecule has 1 spiro atoms. The molecule has 1 aromatic carbocycles. The first-order chi connectivity index (χ1) is 13.5. The van der Waals surface area contributed by atoms with Gasteiger partial charge in [-0.05, 0) is 35.6 Å². The smallest absolute Gasteiger partial charge is 0.322 e. The number of aryl methyl sites for hydroxylation is 1. The summed E-state index contributed by atoms with van der Waals surface area (Å²) in [5, 5.41) is 11.8. The minimum Gasteiger partial charge on any atom is -0.379 e. The molecule has 28 heavy (non-hydrogen) atoms. The average molecular weight is 395 g/mol. The van der Waals surface area contributed by atoms with Crippen LogP contribution in [0.3, 0.4) is 0 Å². The second-order valence-electron chi connectivity index (χ2n) is 7.53. The largest absolute Gasteiger partial charge is 0.379 e. The molecule has 0 radical (unpaired) electrons. The van der Waals surface area contributed by atoms with E-state index in [1.54, 1.807) is 11.8 Å². The Kier molecular flexibility index (Phi) is 3.97. The number of thioether (sulfide) groups is 1. The van der Waals surface area contributed by atoms with E-state index in [-0.39, 0.29) is 5.91 Å². The molecule has 0 aromatic heterocycles. The van der Waals surface area contributed by atoms with Crippen LogP contribution in [0.25, 0.3) is 5.70 Å². The van der Waals surface area contributed by atoms with E-state index in [2.05, 4.69) is 43.9 Å². The quantitative estimate of drug-likeness (QED) is 0.674. The Bertz CT molecular complexity index is 969. The van der Waals surface area contributed by atoms with Crippen molar-refractivity contribution in [3.05, 3.63) is 52.6 Å². The lowest BCUT2D eigenvalue weighted by atomic mass is 9.77. The van der Waals surface area contributed by atoms with Crippen LogP contribution in [-0.4, -0.2) is 47.2 Å². The summed E-state index contributed by atoms with van der Waals surface area (Å²) in [6.07, 6.45) is 1.89. The molecule has 7 nitrogen and oxygen atoms in total. The van der Waals surface area contributed by atoms with Gasteiger partial charge in [-0.15, -0.1) is 0 Å². The molecule has 3 heterocycles. The van der Waals surface area contributed by atoms with Gasteiger partial charge in [0, 0.05) is 29.8 Å². The first kappa shape index (κ1) is 17.4. The first-order valence-electron chi connectivity index (χ1n) is 9.40. The van der Waals surface area contributed by atoms with Gasteiger partial charge in [-0.25, -0.2) is 4.79 Å². The number of hydrogen-bond donors (Lipinski definition) is 3. The van der Waals surface area contributed by atoms with Crippen molar-refractivity contribution in [2.75, 3.05) is 19.6 Å². The summed E-state index contributed by atoms with van der Waals surface area (Å²) in [5.74, 6) is -0.217. The molecule has 1 aliphatic carbocycles. The standard InChI is InChI=1S/C20H21N5O2S/c1-12(22-10-16-11-28-19-21-6-7-25(16)19)13-2-3-15-9-20(5-4-14(15)8-13)17(26)23-18(27)24-20/h2-3,8,11,22H,1,4-7,9-10H2,(H2,23,24,26,27). The van der Waals surface area contributed by atoms with Gasteiger partial charge in [-0.3, -0.25) is 15.1 Å². The number of carbonyl (C=O) groups excluding carboxylic acids is 2. The Morgan fingerprint density at radius 2 is 2.25 bits per heavy atom. The maximum atomic E-state index is 12.2. The van der Waals surface area contributed by atoms with Gasteiger partial charge in [0.1, 0.15) is 5.54 Å². The van der Waals surface area contributed by atoms with E-state index >= 15 is 0 Å². The first-order valence-corrected chi connectivity index (χ1v) is 10.3. The summed E-state index contributed by atoms with van der Waals surface area (Å²) >= 11 is 1.68. The average Bonchev–Trinajstić information content (AvgIpc) is 3.35. The third-order valence-electron chi connectivity index (χ3n) is 5.81. The number of hydrogen-bond acceptors (Lipinski definition) is 6. The maximum absolute atomic E-state index is 12.2. The van der Waals surface area contributed by atoms with Crippen LogP contribution < -0.4 is 16.0 Å². The topological polar surface area (TPSA) is 85.8 Å². The Morgan fingerprint density at radius 3 is 3.07 bits per heavy atom. The van der Waals surface area contributed by atoms with Crippen molar-refractivity contribution in [3.63, 3.8) is 0 Å². The van der Waals surface area contributed by atoms with Gasteiger partial charge in [-0.1, -0.05) is 30.5 Å². The molecule has 1 saturated heterocycles. The Morgan fingerprint density at radius 1 is 1.36 bits per heavy atom. The number of fused-ring (bicyclic) bond motifs is 2. The number of amides is 3. The fourth-order valence-corrected chi connectivity index (χ4v) is 5.18. The number of amidine groups is 1. The minimum atomic E-state index is -0.789. The molecule has 1 fully saturated rings. The molecule has 0 saturated carbocycles. The van der Waals surface area contributed by atoms with Crippen LogP contribution in [0.1, 0.15) is 23.1 Å². The summed E-state index contributed by atoms with van der Waals surface area (Å²) in [7, 11) is 0. The zero-order valence-electron chi connectivity index (χ0n) is 15.4. The number of rotatable bonds is 4. The van der Waals surface area contributed by atoms with Gasteiger partial charge in [0.15, 0.2) is 5.17 Å². The van der Waals surface area contributed by atoms with Crippen LogP contribution in [0.15, 0.2) is 40.9 Å². The van der Waals surface area contributed by atoms with Crippen molar-refractivity contribution in [2.24, 2.45) is 4.99 Å². The molecule has 4 aliphatic rings. The molecule has 5 rings (SSSR count). The van der Waals surface area contributed by atoms with E-state index in [4.69, 9.17) is 0 Å². The molecule has 0 bridgehead atoms. The number of nitrogens with zero attached hydrogens (tertiary/aromatic N) is 2. The van der Waals surface area contributed by atoms with Crippen molar-refractivity contribution in [1.82, 2.24) is 20.9 Å². The predicted octanol–water partition coefficient (Wildman–Crippen LogP) is 1.57. The van der Waals surface area contributed by atoms with Crippen molar-refractivity contribution in [3.8, 4) is 0 Å². The van der Waals surface area contributed by atoms with Gasteiger partial charge in [0.25, 0.3) is 5.91 Å². The molecule has 144 valence electrons. The van der Waals surface area contributed by atoms with E-state index in [1.807, 2.05) is 12.1 Å². The fraction of sp³-hybridized carbons (Fsp3) is 0.350. The van der Waals surface area contributed by atoms with Gasteiger partial charge < -0.3 is 15.5 Å². The molecule has 3 amide bonds. The fourth-order valence-electron chi connectivity index (χ4n) is 4.22. The Labute approximate surface area is 167 Å². The number of nitrogens with one attached hydrogen (secondary N) is 3. The van der Waals surface area contributed by atoms with E-state index in [1.165, 1.54) is 11.3 Å². The molecule has 1 aromatic rings. The van der Waals surface area contributed by atoms with Crippen molar-refractivity contribution in [1.29, 1.82) is 0 Å². The van der Waals surface area contributed by atoms with Crippen molar-refractivity contribution in [2.45, 2.75) is 24.8 Å². The molecular weight excluding hydrogens is 374 g/mol. The summed E-state index contributed by atoms with van der Waals surface area (Å²) < 4.78 is 0. The van der Waals surface area contributed by atoms with Gasteiger partial charge in [-0.2, -0.15) is 0 Å². The van der Waals surface area contributed by atoms with E-state index < -0.39 is 11.6 Å². The minimum absolute atomic E-state index is 0.217. The highest BCUT2D eigenvalue weighted by molar-refractivity contribution is 8.16. The third-order valence-corrected chi connectivity index (χ3v) is 6.76. The number of imide groups is 1. The van der Waals surface area contributed by atoms with Crippen molar-refractivity contribution < 1.29 is 9.59 Å². The second kappa shape index (κ2) is 6.41. The third kappa shape index (κ3) is 2.79. The highest BCUT2D eigenvalue weighted by Gasteiger charge is 2.47. The van der Waals surface area contributed by atoms with Crippen LogP contribution in [-0.2, 0) is 17.6 Å². The number of benzene rings is 1. The summed E-state index contributed by atoms with van der Waals surface area (Å²) in [6.45, 7) is 6.74. The number of carbonyl (C=O) groups is 2. The molecule has 1 atom stereocenters. The van der Waals surface area contributed by atoms with Crippen LogP contribution in [0, 0.1) is 0 Å². The lowest BCUT2D eigenvalue weighted by molar-refractivity contribution is -0.124. The summed E-state index contributed by atoms with van der Waals surface area (Å²) in [6, 6.07) is 5.83. The van der Waals surface area contributed by atoms with E-state index in [9.17, 15) is 9.59 Å². The molecule has 3 N–H and O–H groups in total. The maximum Gasteiger partial charge on any atom is 0.322 e. The van der Waals surface area contributed by atoms with Gasteiger partial charge in [0.05, 0.1) is 13.1 Å². The summed E-state index contributed by atoms with van der Waals surface area (Å²) in [5.41, 5.74) is 4.69. The number of aliphatic imine (C=N–C) groups is 1. The molecule has 1 unspecified atom stereocenters. The highest BCUT2D eigenvalue weighted by atomic mass is 32.2. The van der Waals surface area contributed by atoms with Crippen molar-refractivity contribution >= 4 is 34.6 Å². The predicted molar refractivity (Wildman–Crippen MR) is 110 cm³/mol. The lowest BCUT2D eigenvalue weighted by Gasteiger charge is -2.32. The van der Waals surface area contributed by atoms with E-state index in [0.717, 1.165) is 48.0 Å².